The normalized spacial score (nSPS) is 11.7. The molecule has 6 nitrogen and oxygen atoms in total. The molecule has 0 saturated heterocycles. The molecule has 7 aromatic carbocycles. The predicted octanol–water partition coefficient (Wildman–Crippen LogP) is 11.6. The van der Waals surface area contributed by atoms with E-state index >= 15 is 0 Å². The number of aromatic nitrogens is 6. The summed E-state index contributed by atoms with van der Waals surface area (Å²) in [6, 6.07) is 63.1. The highest BCUT2D eigenvalue weighted by Crippen LogP contribution is 2.42. The maximum Gasteiger partial charge on any atom is 0.238 e. The van der Waals surface area contributed by atoms with Crippen molar-refractivity contribution in [2.45, 2.75) is 0 Å². The molecule has 6 heteroatoms. The summed E-state index contributed by atoms with van der Waals surface area (Å²) in [6.45, 7) is 0. The third kappa shape index (κ3) is 4.67. The largest absolute Gasteiger partial charge is 0.291 e. The van der Waals surface area contributed by atoms with E-state index in [9.17, 15) is 0 Å². The first-order valence-corrected chi connectivity index (χ1v) is 18.1. The minimum atomic E-state index is 0.569. The number of imidazole rings is 1. The molecule has 0 amide bonds. The highest BCUT2D eigenvalue weighted by molar-refractivity contribution is 6.22. The van der Waals surface area contributed by atoms with Crippen LogP contribution < -0.4 is 0 Å². The van der Waals surface area contributed by atoms with Crippen molar-refractivity contribution in [3.8, 4) is 51.4 Å². The quantitative estimate of drug-likeness (QED) is 0.169. The van der Waals surface area contributed by atoms with Gasteiger partial charge >= 0.3 is 0 Å². The summed E-state index contributed by atoms with van der Waals surface area (Å²) in [5.74, 6) is 2.73. The van der Waals surface area contributed by atoms with Crippen molar-refractivity contribution in [1.82, 2.24) is 28.9 Å². The molecule has 0 saturated carbocycles. The maximum atomic E-state index is 5.43. The van der Waals surface area contributed by atoms with Crippen LogP contribution in [0.2, 0.25) is 0 Å². The zero-order valence-electron chi connectivity index (χ0n) is 29.0. The molecule has 0 aliphatic rings. The van der Waals surface area contributed by atoms with E-state index in [4.69, 9.17) is 19.9 Å². The molecule has 54 heavy (non-hydrogen) atoms. The van der Waals surface area contributed by atoms with Crippen molar-refractivity contribution in [3.05, 3.63) is 182 Å². The topological polar surface area (TPSA) is 60.9 Å². The fourth-order valence-corrected chi connectivity index (χ4v) is 7.92. The summed E-state index contributed by atoms with van der Waals surface area (Å²) >= 11 is 0. The van der Waals surface area contributed by atoms with Gasteiger partial charge in [0.25, 0.3) is 0 Å². The first-order chi connectivity index (χ1) is 26.8. The summed E-state index contributed by atoms with van der Waals surface area (Å²) < 4.78 is 4.55. The lowest BCUT2D eigenvalue weighted by molar-refractivity contribution is 0.954. The lowest BCUT2D eigenvalue weighted by Crippen LogP contribution is -2.06. The molecule has 4 aromatic heterocycles. The summed E-state index contributed by atoms with van der Waals surface area (Å²) in [6.07, 6.45) is 0. The first kappa shape index (κ1) is 30.2. The number of pyridine rings is 1. The van der Waals surface area contributed by atoms with Crippen molar-refractivity contribution < 1.29 is 0 Å². The smallest absolute Gasteiger partial charge is 0.238 e. The number of benzene rings is 7. The van der Waals surface area contributed by atoms with Gasteiger partial charge in [0.15, 0.2) is 11.6 Å². The van der Waals surface area contributed by atoms with Crippen molar-refractivity contribution >= 4 is 49.0 Å². The maximum absolute atomic E-state index is 5.43. The van der Waals surface area contributed by atoms with Crippen LogP contribution in [0.5, 0.6) is 0 Å². The SMILES string of the molecule is c1ccc(-c2nc(-c3ccccc3)nc(-n3c4ccccc4c4cc5c(cc43)c3ccccc3n3c(-c4ccccc4)nc(-c4ccccc4)c53)n2)cc1. The van der Waals surface area contributed by atoms with E-state index in [1.54, 1.807) is 0 Å². The Morgan fingerprint density at radius 3 is 1.44 bits per heavy atom. The number of fused-ring (bicyclic) bond motifs is 9. The van der Waals surface area contributed by atoms with Gasteiger partial charge in [-0.15, -0.1) is 0 Å². The van der Waals surface area contributed by atoms with Crippen LogP contribution in [0.3, 0.4) is 0 Å². The predicted molar refractivity (Wildman–Crippen MR) is 220 cm³/mol. The Labute approximate surface area is 310 Å². The van der Waals surface area contributed by atoms with E-state index < -0.39 is 0 Å². The molecule has 0 spiro atoms. The van der Waals surface area contributed by atoms with E-state index in [1.165, 1.54) is 0 Å². The van der Waals surface area contributed by atoms with Crippen LogP contribution in [0.4, 0.5) is 0 Å². The fraction of sp³-hybridized carbons (Fsp3) is 0. The average Bonchev–Trinajstić information content (AvgIpc) is 3.81. The van der Waals surface area contributed by atoms with E-state index in [0.29, 0.717) is 17.6 Å². The number of nitrogens with zero attached hydrogens (tertiary/aromatic N) is 6. The van der Waals surface area contributed by atoms with E-state index in [2.05, 4.69) is 130 Å². The zero-order valence-corrected chi connectivity index (χ0v) is 29.0. The molecule has 0 N–H and O–H groups in total. The number of hydrogen-bond acceptors (Lipinski definition) is 4. The van der Waals surface area contributed by atoms with Gasteiger partial charge in [0.05, 0.1) is 27.8 Å². The van der Waals surface area contributed by atoms with Gasteiger partial charge in [-0.3, -0.25) is 8.97 Å². The third-order valence-corrected chi connectivity index (χ3v) is 10.3. The van der Waals surface area contributed by atoms with Crippen molar-refractivity contribution in [3.63, 3.8) is 0 Å². The van der Waals surface area contributed by atoms with Crippen LogP contribution in [-0.4, -0.2) is 28.9 Å². The van der Waals surface area contributed by atoms with Gasteiger partial charge in [-0.2, -0.15) is 9.97 Å². The zero-order chi connectivity index (χ0) is 35.6. The van der Waals surface area contributed by atoms with Gasteiger partial charge in [0.1, 0.15) is 5.82 Å². The number of rotatable bonds is 5. The van der Waals surface area contributed by atoms with Crippen LogP contribution in [0.25, 0.3) is 100 Å². The minimum absolute atomic E-state index is 0.569. The molecule has 0 radical (unpaired) electrons. The van der Waals surface area contributed by atoms with Crippen LogP contribution >= 0.6 is 0 Å². The second-order valence-corrected chi connectivity index (χ2v) is 13.5. The Morgan fingerprint density at radius 2 is 0.833 bits per heavy atom. The highest BCUT2D eigenvalue weighted by Gasteiger charge is 2.23. The average molecular weight is 691 g/mol. The Hall–Kier alpha value is -7.44. The summed E-state index contributed by atoms with van der Waals surface area (Å²) in [5.41, 5.74) is 9.16. The lowest BCUT2D eigenvalue weighted by atomic mass is 9.99. The molecule has 11 aromatic rings. The van der Waals surface area contributed by atoms with E-state index in [0.717, 1.165) is 82.8 Å². The van der Waals surface area contributed by atoms with Crippen LogP contribution in [0.1, 0.15) is 0 Å². The summed E-state index contributed by atoms with van der Waals surface area (Å²) in [5, 5.41) is 5.63. The first-order valence-electron chi connectivity index (χ1n) is 18.1. The fourth-order valence-electron chi connectivity index (χ4n) is 7.92. The Morgan fingerprint density at radius 1 is 0.333 bits per heavy atom. The number of hydrogen-bond donors (Lipinski definition) is 0. The van der Waals surface area contributed by atoms with Gasteiger partial charge in [-0.25, -0.2) is 9.97 Å². The van der Waals surface area contributed by atoms with Gasteiger partial charge < -0.3 is 0 Å². The highest BCUT2D eigenvalue weighted by atomic mass is 15.2. The van der Waals surface area contributed by atoms with Crippen LogP contribution in [-0.2, 0) is 0 Å². The van der Waals surface area contributed by atoms with Crippen molar-refractivity contribution in [2.24, 2.45) is 0 Å². The Kier molecular flexibility index (Phi) is 6.75. The molecule has 0 bridgehead atoms. The monoisotopic (exact) mass is 690 g/mol. The van der Waals surface area contributed by atoms with E-state index in [-0.39, 0.29) is 0 Å². The molecule has 252 valence electrons. The molecular formula is C48H30N6. The summed E-state index contributed by atoms with van der Waals surface area (Å²) in [7, 11) is 0. The molecule has 0 aliphatic carbocycles. The molecule has 0 fully saturated rings. The van der Waals surface area contributed by atoms with Gasteiger partial charge in [0, 0.05) is 43.8 Å². The second-order valence-electron chi connectivity index (χ2n) is 13.5. The molecule has 0 unspecified atom stereocenters. The van der Waals surface area contributed by atoms with E-state index in [1.807, 2.05) is 60.7 Å². The minimum Gasteiger partial charge on any atom is -0.291 e. The Balaban J connectivity index is 1.29. The second kappa shape index (κ2) is 12.1. The standard InChI is InChI=1S/C48H30N6/c1-5-17-31(18-6-1)43-44-39-29-38-36-26-14-15-27-40(36)53(48-51-45(32-19-7-2-8-20-32)50-46(52-48)33-21-9-3-10-22-33)42(38)30-37(39)35-25-13-16-28-41(35)54(44)47(49-43)34-23-11-4-12-24-34/h1-30H. The van der Waals surface area contributed by atoms with Gasteiger partial charge in [-0.1, -0.05) is 158 Å². The van der Waals surface area contributed by atoms with Gasteiger partial charge in [0.2, 0.25) is 5.95 Å². The van der Waals surface area contributed by atoms with Gasteiger partial charge in [-0.05, 0) is 29.7 Å². The number of para-hydroxylation sites is 2. The summed E-state index contributed by atoms with van der Waals surface area (Å²) in [4.78, 5) is 20.8. The molecular weight excluding hydrogens is 661 g/mol. The van der Waals surface area contributed by atoms with Crippen LogP contribution in [0.15, 0.2) is 182 Å². The molecule has 4 heterocycles. The molecule has 0 aliphatic heterocycles. The van der Waals surface area contributed by atoms with Crippen molar-refractivity contribution in [1.29, 1.82) is 0 Å². The molecule has 0 atom stereocenters. The van der Waals surface area contributed by atoms with Crippen LogP contribution in [0, 0.1) is 0 Å². The third-order valence-electron chi connectivity index (χ3n) is 10.3. The van der Waals surface area contributed by atoms with Crippen molar-refractivity contribution in [2.75, 3.05) is 0 Å². The molecule has 11 rings (SSSR count). The lowest BCUT2D eigenvalue weighted by Gasteiger charge is -2.13. The Bertz CT molecular complexity index is 3130.